The smallest absolute Gasteiger partial charge is 0.211 e. The number of carbonyl (C=O) groups excluding carboxylic acids is 1. The van der Waals surface area contributed by atoms with Gasteiger partial charge < -0.3 is 5.11 Å². The average molecular weight is 400 g/mol. The van der Waals surface area contributed by atoms with Gasteiger partial charge in [0, 0.05) is 10.6 Å². The molecule has 0 spiro atoms. The molecule has 0 aliphatic rings. The molecule has 0 bridgehead atoms. The van der Waals surface area contributed by atoms with Gasteiger partial charge >= 0.3 is 0 Å². The van der Waals surface area contributed by atoms with Crippen molar-refractivity contribution < 1.29 is 9.90 Å². The first kappa shape index (κ1) is 17.4. The van der Waals surface area contributed by atoms with Crippen molar-refractivity contribution in [2.45, 2.75) is 0 Å². The van der Waals surface area contributed by atoms with Crippen LogP contribution in [0.15, 0.2) is 78.9 Å². The van der Waals surface area contributed by atoms with Crippen LogP contribution in [-0.2, 0) is 0 Å². The summed E-state index contributed by atoms with van der Waals surface area (Å²) in [5, 5.41) is 11.7. The molecule has 29 heavy (non-hydrogen) atoms. The minimum atomic E-state index is -0.314. The van der Waals surface area contributed by atoms with Crippen molar-refractivity contribution in [3.8, 4) is 11.6 Å². The molecule has 3 aromatic carbocycles. The maximum Gasteiger partial charge on any atom is 0.211 e. The van der Waals surface area contributed by atoms with E-state index in [2.05, 4.69) is 9.97 Å². The monoisotopic (exact) mass is 399 g/mol. The third kappa shape index (κ3) is 2.83. The zero-order valence-corrected chi connectivity index (χ0v) is 15.8. The van der Waals surface area contributed by atoms with E-state index in [1.807, 2.05) is 30.3 Å². The summed E-state index contributed by atoms with van der Waals surface area (Å²) >= 11 is 6.02. The average Bonchev–Trinajstić information content (AvgIpc) is 3.03. The van der Waals surface area contributed by atoms with Crippen LogP contribution in [0.3, 0.4) is 0 Å². The highest BCUT2D eigenvalue weighted by atomic mass is 35.5. The quantitative estimate of drug-likeness (QED) is 0.425. The number of hydrogen-bond acceptors (Lipinski definition) is 4. The number of hydrogen-bond donors (Lipinski definition) is 1. The number of halogens is 1. The van der Waals surface area contributed by atoms with Gasteiger partial charge in [-0.1, -0.05) is 54.1 Å². The summed E-state index contributed by atoms with van der Waals surface area (Å²) in [7, 11) is 0. The van der Waals surface area contributed by atoms with Gasteiger partial charge in [0.15, 0.2) is 5.65 Å². The lowest BCUT2D eigenvalue weighted by Gasteiger charge is -2.07. The molecule has 140 valence electrons. The van der Waals surface area contributed by atoms with Gasteiger partial charge in [-0.25, -0.2) is 9.97 Å². The van der Waals surface area contributed by atoms with Crippen molar-refractivity contribution in [1.82, 2.24) is 14.5 Å². The Balaban J connectivity index is 1.87. The van der Waals surface area contributed by atoms with E-state index in [4.69, 9.17) is 11.6 Å². The second-order valence-electron chi connectivity index (χ2n) is 6.59. The lowest BCUT2D eigenvalue weighted by atomic mass is 10.0. The van der Waals surface area contributed by atoms with E-state index in [1.165, 1.54) is 4.57 Å². The Morgan fingerprint density at radius 2 is 1.45 bits per heavy atom. The van der Waals surface area contributed by atoms with Crippen LogP contribution in [0.5, 0.6) is 5.88 Å². The van der Waals surface area contributed by atoms with Crippen molar-refractivity contribution >= 4 is 39.6 Å². The minimum Gasteiger partial charge on any atom is -0.494 e. The summed E-state index contributed by atoms with van der Waals surface area (Å²) in [6.07, 6.45) is 0. The van der Waals surface area contributed by atoms with Crippen LogP contribution in [0.1, 0.15) is 15.9 Å². The third-order valence-electron chi connectivity index (χ3n) is 4.78. The first-order valence-corrected chi connectivity index (χ1v) is 9.37. The van der Waals surface area contributed by atoms with E-state index in [-0.39, 0.29) is 17.2 Å². The predicted molar refractivity (Wildman–Crippen MR) is 113 cm³/mol. The number of para-hydroxylation sites is 2. The van der Waals surface area contributed by atoms with E-state index in [0.717, 1.165) is 0 Å². The highest BCUT2D eigenvalue weighted by molar-refractivity contribution is 6.30. The first-order valence-electron chi connectivity index (χ1n) is 8.99. The molecule has 5 nitrogen and oxygen atoms in total. The fourth-order valence-electron chi connectivity index (χ4n) is 3.41. The number of carbonyl (C=O) groups is 1. The minimum absolute atomic E-state index is 0.124. The largest absolute Gasteiger partial charge is 0.494 e. The molecule has 0 saturated heterocycles. The lowest BCUT2D eigenvalue weighted by Crippen LogP contribution is -2.01. The molecule has 6 heteroatoms. The standard InChI is InChI=1S/C23H14ClN3O2/c24-15-10-12-16(13-11-15)27-22-20(25-17-8-4-5-9-18(17)26-22)19(23(27)29)21(28)14-6-2-1-3-7-14/h1-13,29H. The number of aromatic hydroxyl groups is 1. The van der Waals surface area contributed by atoms with Crippen LogP contribution in [0.25, 0.3) is 27.9 Å². The molecule has 2 heterocycles. The number of ketones is 1. The van der Waals surface area contributed by atoms with Crippen molar-refractivity contribution in [3.05, 3.63) is 95.0 Å². The van der Waals surface area contributed by atoms with E-state index >= 15 is 0 Å². The summed E-state index contributed by atoms with van der Waals surface area (Å²) in [4.78, 5) is 22.6. The Kier molecular flexibility index (Phi) is 4.03. The molecule has 5 rings (SSSR count). The Labute approximate surface area is 170 Å². The van der Waals surface area contributed by atoms with Gasteiger partial charge in [-0.15, -0.1) is 0 Å². The van der Waals surface area contributed by atoms with E-state index < -0.39 is 0 Å². The molecule has 0 saturated carbocycles. The molecule has 0 aliphatic carbocycles. The second kappa shape index (κ2) is 6.72. The van der Waals surface area contributed by atoms with Crippen molar-refractivity contribution in [3.63, 3.8) is 0 Å². The molecule has 5 aromatic rings. The Morgan fingerprint density at radius 1 is 0.828 bits per heavy atom. The zero-order valence-electron chi connectivity index (χ0n) is 15.1. The van der Waals surface area contributed by atoms with Crippen LogP contribution in [0.4, 0.5) is 0 Å². The molecule has 0 amide bonds. The fourth-order valence-corrected chi connectivity index (χ4v) is 3.54. The molecule has 0 fully saturated rings. The number of rotatable bonds is 3. The van der Waals surface area contributed by atoms with Crippen LogP contribution in [-0.4, -0.2) is 25.4 Å². The Hall–Kier alpha value is -3.70. The molecule has 0 unspecified atom stereocenters. The van der Waals surface area contributed by atoms with Gasteiger partial charge in [-0.2, -0.15) is 0 Å². The fraction of sp³-hybridized carbons (Fsp3) is 0. The van der Waals surface area contributed by atoms with Crippen molar-refractivity contribution in [2.75, 3.05) is 0 Å². The van der Waals surface area contributed by atoms with Gasteiger partial charge in [0.25, 0.3) is 0 Å². The molecule has 0 aliphatic heterocycles. The van der Waals surface area contributed by atoms with Crippen LogP contribution in [0, 0.1) is 0 Å². The summed E-state index contributed by atoms with van der Waals surface area (Å²) in [5.74, 6) is -0.517. The summed E-state index contributed by atoms with van der Waals surface area (Å²) < 4.78 is 1.53. The SMILES string of the molecule is O=C(c1ccccc1)c1c(O)n(-c2ccc(Cl)cc2)c2nc3ccccc3nc12. The molecule has 1 N–H and O–H groups in total. The van der Waals surface area contributed by atoms with E-state index in [9.17, 15) is 9.90 Å². The first-order chi connectivity index (χ1) is 14.1. The van der Waals surface area contributed by atoms with Crippen LogP contribution in [0.2, 0.25) is 5.02 Å². The summed E-state index contributed by atoms with van der Waals surface area (Å²) in [6.45, 7) is 0. The van der Waals surface area contributed by atoms with Gasteiger partial charge in [-0.05, 0) is 36.4 Å². The van der Waals surface area contributed by atoms with E-state index in [0.29, 0.717) is 38.5 Å². The number of benzene rings is 3. The third-order valence-corrected chi connectivity index (χ3v) is 5.04. The summed E-state index contributed by atoms with van der Waals surface area (Å²) in [6, 6.07) is 23.2. The highest BCUT2D eigenvalue weighted by Gasteiger charge is 2.26. The Bertz CT molecular complexity index is 1380. The van der Waals surface area contributed by atoms with Gasteiger partial charge in [0.05, 0.1) is 16.7 Å². The van der Waals surface area contributed by atoms with Gasteiger partial charge in [-0.3, -0.25) is 9.36 Å². The van der Waals surface area contributed by atoms with Crippen LogP contribution < -0.4 is 0 Å². The normalized spacial score (nSPS) is 11.2. The molecule has 2 aromatic heterocycles. The van der Waals surface area contributed by atoms with Gasteiger partial charge in [0.1, 0.15) is 11.1 Å². The van der Waals surface area contributed by atoms with E-state index in [1.54, 1.807) is 48.5 Å². The number of fused-ring (bicyclic) bond motifs is 2. The van der Waals surface area contributed by atoms with Crippen molar-refractivity contribution in [1.29, 1.82) is 0 Å². The molecule has 0 radical (unpaired) electrons. The molecular weight excluding hydrogens is 386 g/mol. The number of aromatic nitrogens is 3. The van der Waals surface area contributed by atoms with Crippen molar-refractivity contribution in [2.24, 2.45) is 0 Å². The summed E-state index contributed by atoms with van der Waals surface area (Å²) in [5.41, 5.74) is 3.30. The van der Waals surface area contributed by atoms with Crippen LogP contribution >= 0.6 is 11.6 Å². The lowest BCUT2D eigenvalue weighted by molar-refractivity contribution is 0.103. The van der Waals surface area contributed by atoms with Gasteiger partial charge in [0.2, 0.25) is 11.7 Å². The zero-order chi connectivity index (χ0) is 20.0. The second-order valence-corrected chi connectivity index (χ2v) is 7.03. The Morgan fingerprint density at radius 3 is 2.14 bits per heavy atom. The maximum absolute atomic E-state index is 13.3. The number of nitrogens with zero attached hydrogens (tertiary/aromatic N) is 3. The molecular formula is C23H14ClN3O2. The topological polar surface area (TPSA) is 68.0 Å². The highest BCUT2D eigenvalue weighted by Crippen LogP contribution is 2.35. The molecule has 0 atom stereocenters. The maximum atomic E-state index is 13.3. The predicted octanol–water partition coefficient (Wildman–Crippen LogP) is 5.16.